The first-order valence-electron chi connectivity index (χ1n) is 17.2. The zero-order valence-corrected chi connectivity index (χ0v) is 30.5. The van der Waals surface area contributed by atoms with Crippen molar-refractivity contribution >= 4 is 31.7 Å². The Hall–Kier alpha value is -1.47. The zero-order chi connectivity index (χ0) is 32.8. The van der Waals surface area contributed by atoms with E-state index in [1.165, 1.54) is 12.7 Å². The highest BCUT2D eigenvalue weighted by Gasteiger charge is 2.49. The van der Waals surface area contributed by atoms with Crippen LogP contribution in [0.2, 0.25) is 17.1 Å². The lowest BCUT2D eigenvalue weighted by Crippen LogP contribution is -2.48. The molecule has 0 heterocycles. The molecule has 250 valence electrons. The molecule has 0 bridgehead atoms. The first kappa shape index (κ1) is 38.7. The van der Waals surface area contributed by atoms with Gasteiger partial charge in [0.05, 0.1) is 18.8 Å². The summed E-state index contributed by atoms with van der Waals surface area (Å²) < 4.78 is 12.1. The predicted octanol–water partition coefficient (Wildman–Crippen LogP) is 9.72. The Kier molecular flexibility index (Phi) is 16.9. The van der Waals surface area contributed by atoms with Gasteiger partial charge in [0.15, 0.2) is 8.32 Å². The number of aliphatic hydroxyl groups is 1. The second kappa shape index (κ2) is 19.2. The monoisotopic (exact) mass is 648 g/mol. The van der Waals surface area contributed by atoms with Gasteiger partial charge in [-0.15, -0.1) is 11.6 Å². The maximum absolute atomic E-state index is 13.6. The molecule has 0 amide bonds. The highest BCUT2D eigenvalue weighted by atomic mass is 35.5. The summed E-state index contributed by atoms with van der Waals surface area (Å²) in [4.78, 5) is 25.1. The first-order valence-corrected chi connectivity index (χ1v) is 20.0. The van der Waals surface area contributed by atoms with Gasteiger partial charge < -0.3 is 14.3 Å². The Morgan fingerprint density at radius 2 is 1.70 bits per heavy atom. The SMILES string of the molecule is CCCCC(C)(O)C/C=C/C1C(O[Si](CCc2ccc(CCl)cc2)(C(C)C)C(C)C)CC(=O)C1CCCCCCC(=O)OC. The van der Waals surface area contributed by atoms with E-state index in [1.807, 2.05) is 6.92 Å². The Bertz CT molecular complexity index is 1010. The second-order valence-corrected chi connectivity index (χ2v) is 19.2. The number of carbonyl (C=O) groups is 2. The lowest BCUT2D eigenvalue weighted by molar-refractivity contribution is -0.140. The number of ether oxygens (including phenoxy) is 1. The predicted molar refractivity (Wildman–Crippen MR) is 186 cm³/mol. The minimum Gasteiger partial charge on any atom is -0.469 e. The smallest absolute Gasteiger partial charge is 0.305 e. The molecule has 0 spiro atoms. The van der Waals surface area contributed by atoms with Crippen molar-refractivity contribution in [1.82, 2.24) is 0 Å². The summed E-state index contributed by atoms with van der Waals surface area (Å²) in [7, 11) is -0.854. The molecule has 44 heavy (non-hydrogen) atoms. The van der Waals surface area contributed by atoms with Crippen molar-refractivity contribution in [3.8, 4) is 0 Å². The van der Waals surface area contributed by atoms with Crippen LogP contribution in [0.4, 0.5) is 0 Å². The maximum atomic E-state index is 13.6. The minimum absolute atomic E-state index is 0.0203. The third-order valence-electron chi connectivity index (χ3n) is 9.88. The fourth-order valence-electron chi connectivity index (χ4n) is 6.91. The molecule has 1 aromatic carbocycles. The summed E-state index contributed by atoms with van der Waals surface area (Å²) in [6.45, 7) is 13.3. The quantitative estimate of drug-likeness (QED) is 0.0472. The van der Waals surface area contributed by atoms with Gasteiger partial charge in [0.25, 0.3) is 0 Å². The molecule has 1 aliphatic rings. The van der Waals surface area contributed by atoms with Crippen molar-refractivity contribution in [3.63, 3.8) is 0 Å². The number of benzene rings is 1. The average Bonchev–Trinajstić information content (AvgIpc) is 3.28. The number of esters is 1. The lowest BCUT2D eigenvalue weighted by Gasteiger charge is -2.42. The zero-order valence-electron chi connectivity index (χ0n) is 28.7. The number of unbranched alkanes of at least 4 members (excludes halogenated alkanes) is 4. The third kappa shape index (κ3) is 12.0. The Balaban J connectivity index is 2.24. The second-order valence-electron chi connectivity index (χ2n) is 14.0. The molecule has 4 atom stereocenters. The number of Topliss-reactive ketones (excluding diaryl/α,β-unsaturated/α-hetero) is 1. The van der Waals surface area contributed by atoms with Gasteiger partial charge in [-0.25, -0.2) is 0 Å². The van der Waals surface area contributed by atoms with Gasteiger partial charge in [-0.2, -0.15) is 0 Å². The summed E-state index contributed by atoms with van der Waals surface area (Å²) in [5.74, 6) is 0.627. The number of carbonyl (C=O) groups excluding carboxylic acids is 2. The van der Waals surface area contributed by atoms with Crippen LogP contribution in [-0.4, -0.2) is 44.0 Å². The molecular weight excluding hydrogens is 588 g/mol. The molecule has 5 nitrogen and oxygen atoms in total. The molecule has 0 saturated heterocycles. The topological polar surface area (TPSA) is 72.8 Å². The molecule has 1 N–H and O–H groups in total. The number of halogens is 1. The molecular formula is C37H61ClO5Si. The summed E-state index contributed by atoms with van der Waals surface area (Å²) in [6, 6.07) is 9.62. The van der Waals surface area contributed by atoms with Crippen LogP contribution in [-0.2, 0) is 31.1 Å². The van der Waals surface area contributed by atoms with Crippen LogP contribution in [0.3, 0.4) is 0 Å². The normalized spacial score (nSPS) is 20.6. The molecule has 1 saturated carbocycles. The molecule has 1 fully saturated rings. The molecule has 0 aromatic heterocycles. The third-order valence-corrected chi connectivity index (χ3v) is 15.9. The molecule has 0 radical (unpaired) electrons. The van der Waals surface area contributed by atoms with E-state index < -0.39 is 13.9 Å². The van der Waals surface area contributed by atoms with Crippen LogP contribution in [0, 0.1) is 11.8 Å². The van der Waals surface area contributed by atoms with Crippen molar-refractivity contribution in [3.05, 3.63) is 47.5 Å². The van der Waals surface area contributed by atoms with Crippen LogP contribution in [0.5, 0.6) is 0 Å². The van der Waals surface area contributed by atoms with Crippen molar-refractivity contribution in [2.75, 3.05) is 7.11 Å². The summed E-state index contributed by atoms with van der Waals surface area (Å²) in [6.07, 6.45) is 14.1. The van der Waals surface area contributed by atoms with Gasteiger partial charge in [0, 0.05) is 30.6 Å². The fraction of sp³-hybridized carbons (Fsp3) is 0.730. The highest BCUT2D eigenvalue weighted by molar-refractivity contribution is 6.76. The number of methoxy groups -OCH3 is 1. The maximum Gasteiger partial charge on any atom is 0.305 e. The van der Waals surface area contributed by atoms with Crippen molar-refractivity contribution in [2.24, 2.45) is 11.8 Å². The summed E-state index contributed by atoms with van der Waals surface area (Å²) in [5, 5.41) is 10.9. The summed E-state index contributed by atoms with van der Waals surface area (Å²) in [5.41, 5.74) is 2.51. The van der Waals surface area contributed by atoms with Crippen molar-refractivity contribution in [1.29, 1.82) is 0 Å². The largest absolute Gasteiger partial charge is 0.469 e. The van der Waals surface area contributed by atoms with Crippen LogP contribution < -0.4 is 0 Å². The Morgan fingerprint density at radius 3 is 2.30 bits per heavy atom. The van der Waals surface area contributed by atoms with Gasteiger partial charge in [-0.3, -0.25) is 9.59 Å². The summed E-state index contributed by atoms with van der Waals surface area (Å²) >= 11 is 6.02. The van der Waals surface area contributed by atoms with E-state index in [9.17, 15) is 14.7 Å². The number of hydrogen-bond acceptors (Lipinski definition) is 5. The van der Waals surface area contributed by atoms with Crippen LogP contribution in [0.15, 0.2) is 36.4 Å². The van der Waals surface area contributed by atoms with Gasteiger partial charge in [0.1, 0.15) is 5.78 Å². The molecule has 2 rings (SSSR count). The van der Waals surface area contributed by atoms with E-state index >= 15 is 0 Å². The minimum atomic E-state index is -2.28. The standard InChI is InChI=1S/C37H61ClO5Si/c1-8-9-23-37(6,41)24-14-16-33-32(15-12-10-11-13-17-36(40)42-7)34(39)26-35(33)43-44(28(2)3,29(4)5)25-22-30-18-20-31(27-38)21-19-30/h14,16,18-21,28-29,32-33,35,41H,8-13,15,17,22-27H2,1-7H3/b16-14+. The Morgan fingerprint density at radius 1 is 1.07 bits per heavy atom. The number of ketones is 1. The number of rotatable bonds is 21. The van der Waals surface area contributed by atoms with E-state index in [0.29, 0.717) is 42.0 Å². The highest BCUT2D eigenvalue weighted by Crippen LogP contribution is 2.44. The Labute approximate surface area is 274 Å². The van der Waals surface area contributed by atoms with E-state index in [2.05, 4.69) is 71.0 Å². The van der Waals surface area contributed by atoms with Crippen LogP contribution in [0.1, 0.15) is 123 Å². The van der Waals surface area contributed by atoms with E-state index in [4.69, 9.17) is 20.8 Å². The van der Waals surface area contributed by atoms with Gasteiger partial charge in [-0.1, -0.05) is 103 Å². The van der Waals surface area contributed by atoms with E-state index in [1.54, 1.807) is 0 Å². The fourth-order valence-corrected chi connectivity index (χ4v) is 11.7. The number of alkyl halides is 1. The van der Waals surface area contributed by atoms with Crippen molar-refractivity contribution < 1.29 is 23.9 Å². The van der Waals surface area contributed by atoms with E-state index in [0.717, 1.165) is 69.4 Å². The molecule has 1 aromatic rings. The van der Waals surface area contributed by atoms with Gasteiger partial charge >= 0.3 is 5.97 Å². The number of aryl methyl sites for hydroxylation is 1. The first-order chi connectivity index (χ1) is 20.9. The molecule has 0 aliphatic heterocycles. The molecule has 7 heteroatoms. The van der Waals surface area contributed by atoms with E-state index in [-0.39, 0.29) is 23.9 Å². The average molecular weight is 649 g/mol. The van der Waals surface area contributed by atoms with Crippen LogP contribution >= 0.6 is 11.6 Å². The van der Waals surface area contributed by atoms with Gasteiger partial charge in [0.2, 0.25) is 0 Å². The van der Waals surface area contributed by atoms with Gasteiger partial charge in [-0.05, 0) is 67.3 Å². The van der Waals surface area contributed by atoms with Crippen LogP contribution in [0.25, 0.3) is 0 Å². The van der Waals surface area contributed by atoms with Crippen molar-refractivity contribution in [2.45, 2.75) is 153 Å². The molecule has 1 aliphatic carbocycles. The lowest BCUT2D eigenvalue weighted by atomic mass is 9.87. The molecule has 4 unspecified atom stereocenters. The number of hydrogen-bond donors (Lipinski definition) is 1.